The van der Waals surface area contributed by atoms with Gasteiger partial charge >= 0.3 is 0 Å². The van der Waals surface area contributed by atoms with Gasteiger partial charge in [0.05, 0.1) is 13.2 Å². The van der Waals surface area contributed by atoms with Crippen LogP contribution in [0.2, 0.25) is 0 Å². The van der Waals surface area contributed by atoms with Crippen LogP contribution in [0.1, 0.15) is 24.1 Å². The van der Waals surface area contributed by atoms with Gasteiger partial charge in [0, 0.05) is 19.7 Å². The van der Waals surface area contributed by atoms with E-state index in [-0.39, 0.29) is 11.9 Å². The van der Waals surface area contributed by atoms with Crippen molar-refractivity contribution in [1.29, 1.82) is 0 Å². The summed E-state index contributed by atoms with van der Waals surface area (Å²) >= 11 is 0. The Kier molecular flexibility index (Phi) is 6.39. The van der Waals surface area contributed by atoms with Crippen molar-refractivity contribution in [2.24, 2.45) is 0 Å². The van der Waals surface area contributed by atoms with Crippen LogP contribution in [0.4, 0.5) is 0 Å². The van der Waals surface area contributed by atoms with E-state index in [1.165, 1.54) is 11.1 Å². The first-order valence-electron chi connectivity index (χ1n) is 6.19. The standard InChI is InChI=1S/C14H22N2O2/c1-11-4-6-13(7-5-11)12(2)16-10-14(17)15-8-9-18-3/h4-7,12,16H,8-10H2,1-3H3,(H,15,17)/t12-/m1/s1. The van der Waals surface area contributed by atoms with E-state index in [0.29, 0.717) is 19.7 Å². The molecule has 0 radical (unpaired) electrons. The molecule has 4 nitrogen and oxygen atoms in total. The van der Waals surface area contributed by atoms with E-state index >= 15 is 0 Å². The predicted molar refractivity (Wildman–Crippen MR) is 72.5 cm³/mol. The average molecular weight is 250 g/mol. The van der Waals surface area contributed by atoms with E-state index in [4.69, 9.17) is 4.74 Å². The SMILES string of the molecule is COCCNC(=O)CN[C@H](C)c1ccc(C)cc1. The summed E-state index contributed by atoms with van der Waals surface area (Å²) in [7, 11) is 1.61. The number of methoxy groups -OCH3 is 1. The summed E-state index contributed by atoms with van der Waals surface area (Å²) in [5.74, 6) is -0.00832. The molecule has 0 saturated carbocycles. The monoisotopic (exact) mass is 250 g/mol. The highest BCUT2D eigenvalue weighted by molar-refractivity contribution is 5.78. The highest BCUT2D eigenvalue weighted by Crippen LogP contribution is 2.12. The van der Waals surface area contributed by atoms with Crippen LogP contribution in [0.15, 0.2) is 24.3 Å². The lowest BCUT2D eigenvalue weighted by Crippen LogP contribution is -2.36. The van der Waals surface area contributed by atoms with Gasteiger partial charge in [0.25, 0.3) is 0 Å². The molecule has 0 spiro atoms. The van der Waals surface area contributed by atoms with E-state index < -0.39 is 0 Å². The zero-order valence-corrected chi connectivity index (χ0v) is 11.3. The summed E-state index contributed by atoms with van der Waals surface area (Å²) in [5.41, 5.74) is 2.42. The molecule has 0 fully saturated rings. The molecule has 0 bridgehead atoms. The smallest absolute Gasteiger partial charge is 0.234 e. The third-order valence-corrected chi connectivity index (χ3v) is 2.77. The highest BCUT2D eigenvalue weighted by Gasteiger charge is 2.06. The lowest BCUT2D eigenvalue weighted by atomic mass is 10.1. The zero-order valence-electron chi connectivity index (χ0n) is 11.3. The molecule has 0 aliphatic carbocycles. The second-order valence-electron chi connectivity index (χ2n) is 4.36. The van der Waals surface area contributed by atoms with Crippen molar-refractivity contribution in [2.75, 3.05) is 26.8 Å². The van der Waals surface area contributed by atoms with Crippen LogP contribution in [-0.4, -0.2) is 32.7 Å². The van der Waals surface area contributed by atoms with Gasteiger partial charge < -0.3 is 15.4 Å². The summed E-state index contributed by atoms with van der Waals surface area (Å²) in [6, 6.07) is 8.48. The minimum atomic E-state index is -0.00832. The van der Waals surface area contributed by atoms with E-state index in [0.717, 1.165) is 0 Å². The molecule has 4 heteroatoms. The molecular formula is C14H22N2O2. The molecule has 18 heavy (non-hydrogen) atoms. The lowest BCUT2D eigenvalue weighted by Gasteiger charge is -2.14. The fourth-order valence-corrected chi connectivity index (χ4v) is 1.57. The molecule has 0 aliphatic rings. The third kappa shape index (κ3) is 5.29. The topological polar surface area (TPSA) is 50.4 Å². The molecule has 0 heterocycles. The summed E-state index contributed by atoms with van der Waals surface area (Å²) < 4.78 is 4.86. The fourth-order valence-electron chi connectivity index (χ4n) is 1.57. The number of hydrogen-bond donors (Lipinski definition) is 2. The molecular weight excluding hydrogens is 228 g/mol. The summed E-state index contributed by atoms with van der Waals surface area (Å²) in [5, 5.41) is 5.97. The molecule has 100 valence electrons. The van der Waals surface area contributed by atoms with Crippen LogP contribution in [-0.2, 0) is 9.53 Å². The van der Waals surface area contributed by atoms with Crippen molar-refractivity contribution in [3.63, 3.8) is 0 Å². The Balaban J connectivity index is 2.30. The maximum absolute atomic E-state index is 11.5. The van der Waals surface area contributed by atoms with Gasteiger partial charge in [-0.3, -0.25) is 4.79 Å². The van der Waals surface area contributed by atoms with Crippen molar-refractivity contribution in [3.05, 3.63) is 35.4 Å². The Hall–Kier alpha value is -1.39. The van der Waals surface area contributed by atoms with Gasteiger partial charge in [0.15, 0.2) is 0 Å². The molecule has 2 N–H and O–H groups in total. The van der Waals surface area contributed by atoms with Crippen molar-refractivity contribution >= 4 is 5.91 Å². The molecule has 1 aromatic carbocycles. The fraction of sp³-hybridized carbons (Fsp3) is 0.500. The quantitative estimate of drug-likeness (QED) is 0.719. The van der Waals surface area contributed by atoms with Crippen molar-refractivity contribution < 1.29 is 9.53 Å². The van der Waals surface area contributed by atoms with Crippen LogP contribution in [0.5, 0.6) is 0 Å². The Morgan fingerprint density at radius 2 is 2.00 bits per heavy atom. The molecule has 1 aromatic rings. The van der Waals surface area contributed by atoms with Crippen LogP contribution < -0.4 is 10.6 Å². The van der Waals surface area contributed by atoms with Gasteiger partial charge in [0.2, 0.25) is 5.91 Å². The number of nitrogens with one attached hydrogen (secondary N) is 2. The first-order chi connectivity index (χ1) is 8.63. The number of amides is 1. The van der Waals surface area contributed by atoms with Crippen LogP contribution in [0.25, 0.3) is 0 Å². The number of aryl methyl sites for hydroxylation is 1. The minimum absolute atomic E-state index is 0.00832. The van der Waals surface area contributed by atoms with Gasteiger partial charge in [-0.15, -0.1) is 0 Å². The summed E-state index contributed by atoms with van der Waals surface area (Å²) in [6.45, 7) is 5.52. The molecule has 1 rings (SSSR count). The number of rotatable bonds is 7. The lowest BCUT2D eigenvalue weighted by molar-refractivity contribution is -0.120. The highest BCUT2D eigenvalue weighted by atomic mass is 16.5. The Bertz CT molecular complexity index is 363. The van der Waals surface area contributed by atoms with E-state index in [1.807, 2.05) is 6.92 Å². The number of benzene rings is 1. The number of carbonyl (C=O) groups is 1. The van der Waals surface area contributed by atoms with Crippen LogP contribution in [0, 0.1) is 6.92 Å². The Morgan fingerprint density at radius 3 is 2.61 bits per heavy atom. The van der Waals surface area contributed by atoms with Crippen molar-refractivity contribution in [1.82, 2.24) is 10.6 Å². The maximum Gasteiger partial charge on any atom is 0.234 e. The number of hydrogen-bond acceptors (Lipinski definition) is 3. The predicted octanol–water partition coefficient (Wildman–Crippen LogP) is 1.41. The molecule has 1 amide bonds. The van der Waals surface area contributed by atoms with E-state index in [9.17, 15) is 4.79 Å². The van der Waals surface area contributed by atoms with Gasteiger partial charge in [-0.1, -0.05) is 29.8 Å². The second kappa shape index (κ2) is 7.84. The van der Waals surface area contributed by atoms with Crippen molar-refractivity contribution in [3.8, 4) is 0 Å². The molecule has 0 saturated heterocycles. The molecule has 0 unspecified atom stereocenters. The first-order valence-corrected chi connectivity index (χ1v) is 6.19. The molecule has 0 aromatic heterocycles. The second-order valence-corrected chi connectivity index (χ2v) is 4.36. The van der Waals surface area contributed by atoms with Crippen LogP contribution >= 0.6 is 0 Å². The van der Waals surface area contributed by atoms with Gasteiger partial charge in [0.1, 0.15) is 0 Å². The number of carbonyl (C=O) groups excluding carboxylic acids is 1. The zero-order chi connectivity index (χ0) is 13.4. The van der Waals surface area contributed by atoms with Crippen molar-refractivity contribution in [2.45, 2.75) is 19.9 Å². The maximum atomic E-state index is 11.5. The van der Waals surface area contributed by atoms with Gasteiger partial charge in [-0.25, -0.2) is 0 Å². The largest absolute Gasteiger partial charge is 0.383 e. The third-order valence-electron chi connectivity index (χ3n) is 2.77. The Morgan fingerprint density at radius 1 is 1.33 bits per heavy atom. The normalized spacial score (nSPS) is 12.2. The summed E-state index contributed by atoms with van der Waals surface area (Å²) in [6.07, 6.45) is 0. The average Bonchev–Trinajstić information content (AvgIpc) is 2.37. The minimum Gasteiger partial charge on any atom is -0.383 e. The molecule has 1 atom stereocenters. The Labute approximate surface area is 109 Å². The number of ether oxygens (including phenoxy) is 1. The van der Waals surface area contributed by atoms with E-state index in [2.05, 4.69) is 41.8 Å². The van der Waals surface area contributed by atoms with Gasteiger partial charge in [-0.2, -0.15) is 0 Å². The van der Waals surface area contributed by atoms with Crippen LogP contribution in [0.3, 0.4) is 0 Å². The van der Waals surface area contributed by atoms with E-state index in [1.54, 1.807) is 7.11 Å². The van der Waals surface area contributed by atoms with Gasteiger partial charge in [-0.05, 0) is 19.4 Å². The first kappa shape index (κ1) is 14.7. The molecule has 0 aliphatic heterocycles. The summed E-state index contributed by atoms with van der Waals surface area (Å²) in [4.78, 5) is 11.5.